The highest BCUT2D eigenvalue weighted by Gasteiger charge is 2.25. The van der Waals surface area contributed by atoms with Crippen molar-refractivity contribution in [3.05, 3.63) is 23.7 Å². The van der Waals surface area contributed by atoms with Crippen LogP contribution < -0.4 is 5.73 Å². The van der Waals surface area contributed by atoms with Crippen molar-refractivity contribution in [2.75, 3.05) is 13.7 Å². The second-order valence-electron chi connectivity index (χ2n) is 3.26. The molecule has 2 N–H and O–H groups in total. The number of rotatable bonds is 2. The first-order valence-electron chi connectivity index (χ1n) is 4.57. The summed E-state index contributed by atoms with van der Waals surface area (Å²) in [5, 5.41) is 0. The number of hydrogen-bond acceptors (Lipinski definition) is 4. The van der Waals surface area contributed by atoms with Crippen LogP contribution >= 0.6 is 0 Å². The van der Waals surface area contributed by atoms with Crippen molar-refractivity contribution in [1.29, 1.82) is 0 Å². The Hall–Kier alpha value is -1.62. The maximum Gasteiger partial charge on any atom is 0.247 e. The van der Waals surface area contributed by atoms with E-state index in [-0.39, 0.29) is 12.5 Å². The lowest BCUT2D eigenvalue weighted by Gasteiger charge is -2.17. The van der Waals surface area contributed by atoms with Crippen LogP contribution in [0, 0.1) is 0 Å². The number of aliphatic imine (C=N–C) groups is 1. The van der Waals surface area contributed by atoms with E-state index in [9.17, 15) is 4.79 Å². The van der Waals surface area contributed by atoms with Gasteiger partial charge in [-0.2, -0.15) is 0 Å². The van der Waals surface area contributed by atoms with Crippen LogP contribution in [0.4, 0.5) is 0 Å². The van der Waals surface area contributed by atoms with Crippen molar-refractivity contribution in [2.45, 2.75) is 13.0 Å². The first kappa shape index (κ1) is 11.5. The van der Waals surface area contributed by atoms with Gasteiger partial charge in [0.25, 0.3) is 0 Å². The fourth-order valence-corrected chi connectivity index (χ4v) is 1.22. The molecule has 0 fully saturated rings. The fraction of sp³-hybridized carbons (Fsp3) is 0.400. The van der Waals surface area contributed by atoms with Crippen LogP contribution in [-0.2, 0) is 9.53 Å². The average molecular weight is 209 g/mol. The summed E-state index contributed by atoms with van der Waals surface area (Å²) < 4.78 is 5.39. The zero-order valence-electron chi connectivity index (χ0n) is 8.93. The summed E-state index contributed by atoms with van der Waals surface area (Å²) in [5.74, 6) is 0.439. The van der Waals surface area contributed by atoms with Gasteiger partial charge >= 0.3 is 0 Å². The molecule has 0 aromatic rings. The molecule has 1 heterocycles. The van der Waals surface area contributed by atoms with Crippen molar-refractivity contribution in [3.8, 4) is 0 Å². The highest BCUT2D eigenvalue weighted by molar-refractivity contribution is 5.83. The van der Waals surface area contributed by atoms with Crippen LogP contribution in [0.25, 0.3) is 0 Å². The lowest BCUT2D eigenvalue weighted by Crippen LogP contribution is -2.41. The van der Waals surface area contributed by atoms with Gasteiger partial charge < -0.3 is 15.4 Å². The van der Waals surface area contributed by atoms with Gasteiger partial charge in [0, 0.05) is 19.3 Å². The number of likely N-dealkylation sites (N-methyl/N-ethyl adjacent to an activating group) is 1. The monoisotopic (exact) mass is 209 g/mol. The van der Waals surface area contributed by atoms with Gasteiger partial charge in [0.2, 0.25) is 5.91 Å². The molecule has 1 amide bonds. The average Bonchev–Trinajstić information content (AvgIpc) is 2.32. The van der Waals surface area contributed by atoms with E-state index in [0.29, 0.717) is 11.5 Å². The van der Waals surface area contributed by atoms with Crippen molar-refractivity contribution < 1.29 is 9.53 Å². The fourth-order valence-electron chi connectivity index (χ4n) is 1.22. The molecule has 0 bridgehead atoms. The molecule has 1 atom stereocenters. The van der Waals surface area contributed by atoms with Gasteiger partial charge in [0.05, 0.1) is 5.70 Å². The number of carbonyl (C=O) groups excluding carboxylic acids is 1. The summed E-state index contributed by atoms with van der Waals surface area (Å²) in [6, 6.07) is -0.618. The second-order valence-corrected chi connectivity index (χ2v) is 3.26. The van der Waals surface area contributed by atoms with Crippen molar-refractivity contribution in [1.82, 2.24) is 4.90 Å². The van der Waals surface area contributed by atoms with Crippen molar-refractivity contribution >= 4 is 12.6 Å². The van der Waals surface area contributed by atoms with E-state index in [1.807, 2.05) is 0 Å². The van der Waals surface area contributed by atoms with Gasteiger partial charge in [0.15, 0.2) is 0 Å². The van der Waals surface area contributed by atoms with Gasteiger partial charge in [0.1, 0.15) is 18.4 Å². The SMILES string of the molecule is C=N/C=C\C1=C(C)N(C)C(=O)[C@@H](N)CO1. The van der Waals surface area contributed by atoms with Crippen LogP contribution in [0.3, 0.4) is 0 Å². The smallest absolute Gasteiger partial charge is 0.247 e. The molecule has 0 saturated heterocycles. The highest BCUT2D eigenvalue weighted by atomic mass is 16.5. The number of nitrogens with two attached hydrogens (primary N) is 1. The van der Waals surface area contributed by atoms with Gasteiger partial charge in [-0.15, -0.1) is 0 Å². The molecule has 0 aromatic carbocycles. The van der Waals surface area contributed by atoms with Crippen LogP contribution in [0.1, 0.15) is 6.92 Å². The van der Waals surface area contributed by atoms with Gasteiger partial charge in [-0.05, 0) is 13.6 Å². The van der Waals surface area contributed by atoms with Gasteiger partial charge in [-0.25, -0.2) is 0 Å². The Labute approximate surface area is 88.9 Å². The summed E-state index contributed by atoms with van der Waals surface area (Å²) >= 11 is 0. The Morgan fingerprint density at radius 3 is 3.00 bits per heavy atom. The Morgan fingerprint density at radius 2 is 2.40 bits per heavy atom. The van der Waals surface area contributed by atoms with Crippen LogP contribution in [0.5, 0.6) is 0 Å². The molecule has 1 aliphatic rings. The molecule has 0 aliphatic carbocycles. The largest absolute Gasteiger partial charge is 0.490 e. The zero-order chi connectivity index (χ0) is 11.4. The Balaban J connectivity index is 2.99. The highest BCUT2D eigenvalue weighted by Crippen LogP contribution is 2.16. The third-order valence-corrected chi connectivity index (χ3v) is 2.26. The topological polar surface area (TPSA) is 67.9 Å². The van der Waals surface area contributed by atoms with E-state index in [1.165, 1.54) is 11.1 Å². The number of amides is 1. The lowest BCUT2D eigenvalue weighted by molar-refractivity contribution is -0.129. The Bertz CT molecular complexity index is 334. The normalized spacial score (nSPS) is 23.0. The van der Waals surface area contributed by atoms with E-state index in [2.05, 4.69) is 11.7 Å². The first-order valence-corrected chi connectivity index (χ1v) is 4.57. The molecule has 1 aliphatic heterocycles. The maximum absolute atomic E-state index is 11.6. The zero-order valence-corrected chi connectivity index (χ0v) is 8.93. The number of ether oxygens (including phenoxy) is 1. The maximum atomic E-state index is 11.6. The summed E-state index contributed by atoms with van der Waals surface area (Å²) in [4.78, 5) is 16.7. The molecule has 0 radical (unpaired) electrons. The lowest BCUT2D eigenvalue weighted by atomic mass is 10.3. The summed E-state index contributed by atoms with van der Waals surface area (Å²) in [6.07, 6.45) is 3.16. The standard InChI is InChI=1S/C10H15N3O2/c1-7-9(4-5-12-2)15-6-8(11)10(14)13(7)3/h4-5,8H,2,6,11H2,1,3H3/b5-4-/t8-/m0/s1. The molecule has 0 spiro atoms. The number of allylic oxidation sites excluding steroid dienone is 2. The Kier molecular flexibility index (Phi) is 3.62. The van der Waals surface area contributed by atoms with Crippen LogP contribution in [0.15, 0.2) is 28.7 Å². The molecule has 1 rings (SSSR count). The Morgan fingerprint density at radius 1 is 1.73 bits per heavy atom. The van der Waals surface area contributed by atoms with Crippen molar-refractivity contribution in [2.24, 2.45) is 10.7 Å². The third kappa shape index (κ3) is 2.44. The molecule has 0 saturated carbocycles. The van der Waals surface area contributed by atoms with Gasteiger partial charge in [-0.3, -0.25) is 9.79 Å². The van der Waals surface area contributed by atoms with E-state index in [0.717, 1.165) is 0 Å². The van der Waals surface area contributed by atoms with Crippen LogP contribution in [-0.4, -0.2) is 37.2 Å². The number of nitrogens with zero attached hydrogens (tertiary/aromatic N) is 2. The quantitative estimate of drug-likeness (QED) is 0.663. The molecular weight excluding hydrogens is 194 g/mol. The van der Waals surface area contributed by atoms with E-state index in [1.54, 1.807) is 20.0 Å². The van der Waals surface area contributed by atoms with E-state index >= 15 is 0 Å². The minimum absolute atomic E-state index is 0.150. The van der Waals surface area contributed by atoms with E-state index in [4.69, 9.17) is 10.5 Å². The third-order valence-electron chi connectivity index (χ3n) is 2.26. The first-order chi connectivity index (χ1) is 7.07. The number of hydrogen-bond donors (Lipinski definition) is 1. The molecular formula is C10H15N3O2. The number of carbonyl (C=O) groups is 1. The molecule has 5 heteroatoms. The summed E-state index contributed by atoms with van der Waals surface area (Å²) in [5.41, 5.74) is 6.33. The van der Waals surface area contributed by atoms with Crippen molar-refractivity contribution in [3.63, 3.8) is 0 Å². The van der Waals surface area contributed by atoms with Gasteiger partial charge in [-0.1, -0.05) is 0 Å². The molecule has 82 valence electrons. The molecule has 0 unspecified atom stereocenters. The van der Waals surface area contributed by atoms with E-state index < -0.39 is 6.04 Å². The summed E-state index contributed by atoms with van der Waals surface area (Å²) in [6.45, 7) is 5.29. The predicted molar refractivity (Wildman–Crippen MR) is 58.1 cm³/mol. The minimum atomic E-state index is -0.618. The summed E-state index contributed by atoms with van der Waals surface area (Å²) in [7, 11) is 1.67. The second kappa shape index (κ2) is 4.75. The van der Waals surface area contributed by atoms with Crippen LogP contribution in [0.2, 0.25) is 0 Å². The minimum Gasteiger partial charge on any atom is -0.490 e. The molecule has 15 heavy (non-hydrogen) atoms. The predicted octanol–water partition coefficient (Wildman–Crippen LogP) is 0.248. The molecule has 0 aromatic heterocycles. The molecule has 5 nitrogen and oxygen atoms in total.